The molecule has 0 radical (unpaired) electrons. The molecular weight excluding hydrogens is 254 g/mol. The molecule has 1 aliphatic heterocycles. The van der Waals surface area contributed by atoms with Gasteiger partial charge in [0.1, 0.15) is 0 Å². The van der Waals surface area contributed by atoms with Crippen LogP contribution in [0.15, 0.2) is 24.5 Å². The number of hydrogen-bond donors (Lipinski definition) is 1. The van der Waals surface area contributed by atoms with Crippen molar-refractivity contribution in [2.24, 2.45) is 0 Å². The van der Waals surface area contributed by atoms with E-state index in [1.54, 1.807) is 6.20 Å². The standard InChI is InChI=1S/C15H21N3O2/c19-15(8-14-10-17-6-7-20-14)18(13-3-4-13)11-12-2-1-5-16-9-12/h1-2,5,9,13-14,17H,3-4,6-8,10-11H2. The number of nitrogens with one attached hydrogen (secondary N) is 1. The highest BCUT2D eigenvalue weighted by atomic mass is 16.5. The van der Waals surface area contributed by atoms with Gasteiger partial charge in [-0.1, -0.05) is 6.07 Å². The molecule has 5 heteroatoms. The molecule has 0 bridgehead atoms. The van der Waals surface area contributed by atoms with Gasteiger partial charge in [0, 0.05) is 38.1 Å². The summed E-state index contributed by atoms with van der Waals surface area (Å²) in [5, 5.41) is 3.27. The van der Waals surface area contributed by atoms with E-state index in [1.165, 1.54) is 0 Å². The molecule has 1 saturated carbocycles. The van der Waals surface area contributed by atoms with Gasteiger partial charge in [0.25, 0.3) is 0 Å². The Balaban J connectivity index is 1.59. The average molecular weight is 275 g/mol. The summed E-state index contributed by atoms with van der Waals surface area (Å²) in [4.78, 5) is 18.6. The Morgan fingerprint density at radius 1 is 1.50 bits per heavy atom. The van der Waals surface area contributed by atoms with Gasteiger partial charge in [0.2, 0.25) is 5.91 Å². The van der Waals surface area contributed by atoms with Gasteiger partial charge in [-0.3, -0.25) is 9.78 Å². The van der Waals surface area contributed by atoms with Crippen LogP contribution in [0.25, 0.3) is 0 Å². The quantitative estimate of drug-likeness (QED) is 0.869. The minimum Gasteiger partial charge on any atom is -0.375 e. The van der Waals surface area contributed by atoms with Gasteiger partial charge >= 0.3 is 0 Å². The van der Waals surface area contributed by atoms with Gasteiger partial charge in [0.15, 0.2) is 0 Å². The molecule has 2 aliphatic rings. The van der Waals surface area contributed by atoms with Crippen LogP contribution in [0.1, 0.15) is 24.8 Å². The van der Waals surface area contributed by atoms with E-state index in [4.69, 9.17) is 4.74 Å². The molecule has 0 aromatic carbocycles. The van der Waals surface area contributed by atoms with Crippen LogP contribution >= 0.6 is 0 Å². The van der Waals surface area contributed by atoms with Gasteiger partial charge < -0.3 is 15.0 Å². The highest BCUT2D eigenvalue weighted by Crippen LogP contribution is 2.29. The van der Waals surface area contributed by atoms with Crippen molar-refractivity contribution in [3.05, 3.63) is 30.1 Å². The summed E-state index contributed by atoms with van der Waals surface area (Å²) < 4.78 is 5.63. The van der Waals surface area contributed by atoms with Crippen LogP contribution in [0.2, 0.25) is 0 Å². The number of nitrogens with zero attached hydrogens (tertiary/aromatic N) is 2. The fourth-order valence-electron chi connectivity index (χ4n) is 2.56. The third-order valence-electron chi connectivity index (χ3n) is 3.79. The number of morpholine rings is 1. The zero-order valence-corrected chi connectivity index (χ0v) is 11.6. The van der Waals surface area contributed by atoms with Crippen LogP contribution in [0, 0.1) is 0 Å². The molecule has 1 aliphatic carbocycles. The molecule has 5 nitrogen and oxygen atoms in total. The summed E-state index contributed by atoms with van der Waals surface area (Å²) in [6.45, 7) is 3.02. The lowest BCUT2D eigenvalue weighted by molar-refractivity contribution is -0.136. The van der Waals surface area contributed by atoms with E-state index in [-0.39, 0.29) is 12.0 Å². The maximum Gasteiger partial charge on any atom is 0.225 e. The van der Waals surface area contributed by atoms with E-state index in [0.29, 0.717) is 25.6 Å². The molecular formula is C15H21N3O2. The van der Waals surface area contributed by atoms with E-state index in [0.717, 1.165) is 31.5 Å². The van der Waals surface area contributed by atoms with Crippen molar-refractivity contribution in [3.8, 4) is 0 Å². The first-order valence-corrected chi connectivity index (χ1v) is 7.33. The predicted molar refractivity (Wildman–Crippen MR) is 75.0 cm³/mol. The van der Waals surface area contributed by atoms with Gasteiger partial charge in [-0.25, -0.2) is 0 Å². The second kappa shape index (κ2) is 6.33. The molecule has 2 heterocycles. The van der Waals surface area contributed by atoms with Crippen LogP contribution in [0.3, 0.4) is 0 Å². The van der Waals surface area contributed by atoms with E-state index in [2.05, 4.69) is 10.3 Å². The molecule has 20 heavy (non-hydrogen) atoms. The van der Waals surface area contributed by atoms with E-state index in [9.17, 15) is 4.79 Å². The van der Waals surface area contributed by atoms with Crippen molar-refractivity contribution in [2.75, 3.05) is 19.7 Å². The lowest BCUT2D eigenvalue weighted by atomic mass is 10.2. The first kappa shape index (κ1) is 13.5. The molecule has 1 saturated heterocycles. The van der Waals surface area contributed by atoms with E-state index >= 15 is 0 Å². The van der Waals surface area contributed by atoms with Crippen molar-refractivity contribution in [1.82, 2.24) is 15.2 Å². The van der Waals surface area contributed by atoms with Crippen molar-refractivity contribution in [3.63, 3.8) is 0 Å². The maximum absolute atomic E-state index is 12.5. The van der Waals surface area contributed by atoms with Crippen molar-refractivity contribution >= 4 is 5.91 Å². The fraction of sp³-hybridized carbons (Fsp3) is 0.600. The highest BCUT2D eigenvalue weighted by Gasteiger charge is 2.33. The predicted octanol–water partition coefficient (Wildman–Crippen LogP) is 0.951. The van der Waals surface area contributed by atoms with Gasteiger partial charge in [0.05, 0.1) is 19.1 Å². The molecule has 1 aromatic heterocycles. The zero-order chi connectivity index (χ0) is 13.8. The average Bonchev–Trinajstić information content (AvgIpc) is 3.31. The topological polar surface area (TPSA) is 54.5 Å². The first-order valence-electron chi connectivity index (χ1n) is 7.33. The van der Waals surface area contributed by atoms with Crippen LogP contribution in [0.4, 0.5) is 0 Å². The number of ether oxygens (including phenoxy) is 1. The maximum atomic E-state index is 12.5. The Bertz CT molecular complexity index is 442. The SMILES string of the molecule is O=C(CC1CNCCO1)N(Cc1cccnc1)C1CC1. The van der Waals surface area contributed by atoms with Crippen molar-refractivity contribution in [1.29, 1.82) is 0 Å². The molecule has 3 rings (SSSR count). The monoisotopic (exact) mass is 275 g/mol. The minimum absolute atomic E-state index is 0.0198. The molecule has 1 N–H and O–H groups in total. The summed E-state index contributed by atoms with van der Waals surface area (Å²) in [5.74, 6) is 0.199. The van der Waals surface area contributed by atoms with Crippen molar-refractivity contribution in [2.45, 2.75) is 38.0 Å². The van der Waals surface area contributed by atoms with Gasteiger partial charge in [-0.15, -0.1) is 0 Å². The summed E-state index contributed by atoms with van der Waals surface area (Å²) in [7, 11) is 0. The molecule has 1 aromatic rings. The fourth-order valence-corrected chi connectivity index (χ4v) is 2.56. The number of carbonyl (C=O) groups is 1. The Hall–Kier alpha value is -1.46. The molecule has 1 unspecified atom stereocenters. The number of aromatic nitrogens is 1. The van der Waals surface area contributed by atoms with E-state index in [1.807, 2.05) is 23.2 Å². The number of rotatable bonds is 5. The Morgan fingerprint density at radius 2 is 2.40 bits per heavy atom. The van der Waals surface area contributed by atoms with Crippen LogP contribution in [-0.4, -0.2) is 47.6 Å². The molecule has 0 spiro atoms. The summed E-state index contributed by atoms with van der Waals surface area (Å²) >= 11 is 0. The second-order valence-electron chi connectivity index (χ2n) is 5.52. The third kappa shape index (κ3) is 3.55. The Labute approximate surface area is 119 Å². The van der Waals surface area contributed by atoms with E-state index < -0.39 is 0 Å². The lowest BCUT2D eigenvalue weighted by Gasteiger charge is -2.27. The Kier molecular flexibility index (Phi) is 4.28. The highest BCUT2D eigenvalue weighted by molar-refractivity contribution is 5.77. The number of pyridine rings is 1. The zero-order valence-electron chi connectivity index (χ0n) is 11.6. The third-order valence-corrected chi connectivity index (χ3v) is 3.79. The second-order valence-corrected chi connectivity index (χ2v) is 5.52. The molecule has 108 valence electrons. The number of hydrogen-bond acceptors (Lipinski definition) is 4. The summed E-state index contributed by atoms with van der Waals surface area (Å²) in [6, 6.07) is 4.35. The van der Waals surface area contributed by atoms with Gasteiger partial charge in [-0.05, 0) is 24.5 Å². The van der Waals surface area contributed by atoms with Gasteiger partial charge in [-0.2, -0.15) is 0 Å². The normalized spacial score (nSPS) is 22.5. The Morgan fingerprint density at radius 3 is 3.05 bits per heavy atom. The largest absolute Gasteiger partial charge is 0.375 e. The van der Waals surface area contributed by atoms with Crippen LogP contribution in [-0.2, 0) is 16.1 Å². The van der Waals surface area contributed by atoms with Crippen LogP contribution < -0.4 is 5.32 Å². The lowest BCUT2D eigenvalue weighted by Crippen LogP contribution is -2.42. The van der Waals surface area contributed by atoms with Crippen LogP contribution in [0.5, 0.6) is 0 Å². The molecule has 1 atom stereocenters. The number of amides is 1. The van der Waals surface area contributed by atoms with Crippen molar-refractivity contribution < 1.29 is 9.53 Å². The summed E-state index contributed by atoms with van der Waals surface area (Å²) in [5.41, 5.74) is 1.09. The first-order chi connectivity index (χ1) is 9.83. The number of carbonyl (C=O) groups excluding carboxylic acids is 1. The molecule has 2 fully saturated rings. The summed E-state index contributed by atoms with van der Waals surface area (Å²) in [6.07, 6.45) is 6.33. The minimum atomic E-state index is 0.0198. The molecule has 1 amide bonds. The smallest absolute Gasteiger partial charge is 0.225 e.